The van der Waals surface area contributed by atoms with Gasteiger partial charge >= 0.3 is 0 Å². The highest BCUT2D eigenvalue weighted by Gasteiger charge is 2.14. The van der Waals surface area contributed by atoms with Gasteiger partial charge in [0.2, 0.25) is 0 Å². The molecule has 20 heavy (non-hydrogen) atoms. The van der Waals surface area contributed by atoms with Crippen LogP contribution in [0.25, 0.3) is 0 Å². The fraction of sp³-hybridized carbons (Fsp3) is 0.286. The largest absolute Gasteiger partial charge is 0.486 e. The number of halogens is 2. The van der Waals surface area contributed by atoms with E-state index in [4.69, 9.17) is 21.6 Å². The molecule has 2 rings (SSSR count). The summed E-state index contributed by atoms with van der Waals surface area (Å²) in [5.41, 5.74) is 2.08. The molecule has 6 heteroatoms. The van der Waals surface area contributed by atoms with Crippen LogP contribution in [0.2, 0.25) is 5.02 Å². The summed E-state index contributed by atoms with van der Waals surface area (Å²) in [6.07, 6.45) is 0. The van der Waals surface area contributed by atoms with E-state index in [-0.39, 0.29) is 6.61 Å². The van der Waals surface area contributed by atoms with Gasteiger partial charge in [-0.1, -0.05) is 27.5 Å². The van der Waals surface area contributed by atoms with Crippen molar-refractivity contribution in [3.8, 4) is 11.8 Å². The number of nitriles is 1. The molecule has 0 bridgehead atoms. The first-order valence-electron chi connectivity index (χ1n) is 6.11. The fourth-order valence-corrected chi connectivity index (χ4v) is 2.42. The van der Waals surface area contributed by atoms with E-state index in [1.807, 2.05) is 24.6 Å². The second-order valence-electron chi connectivity index (χ2n) is 4.20. The summed E-state index contributed by atoms with van der Waals surface area (Å²) in [6, 6.07) is 7.43. The molecule has 1 aromatic heterocycles. The van der Waals surface area contributed by atoms with Crippen molar-refractivity contribution in [3.63, 3.8) is 0 Å². The molecule has 0 unspecified atom stereocenters. The van der Waals surface area contributed by atoms with Gasteiger partial charge in [0.05, 0.1) is 22.0 Å². The summed E-state index contributed by atoms with van der Waals surface area (Å²) in [7, 11) is 0. The molecule has 0 radical (unpaired) electrons. The zero-order chi connectivity index (χ0) is 14.7. The van der Waals surface area contributed by atoms with Crippen molar-refractivity contribution < 1.29 is 4.74 Å². The first kappa shape index (κ1) is 14.9. The first-order chi connectivity index (χ1) is 9.56. The summed E-state index contributed by atoms with van der Waals surface area (Å²) >= 11 is 9.55. The Balaban J connectivity index is 2.24. The number of hydrogen-bond donors (Lipinski definition) is 0. The van der Waals surface area contributed by atoms with Gasteiger partial charge in [-0.05, 0) is 32.0 Å². The highest BCUT2D eigenvalue weighted by Crippen LogP contribution is 2.26. The number of hydrogen-bond acceptors (Lipinski definition) is 3. The maximum atomic E-state index is 9.11. The van der Waals surface area contributed by atoms with Crippen LogP contribution in [0.5, 0.6) is 5.75 Å². The molecule has 0 fully saturated rings. The van der Waals surface area contributed by atoms with Crippen molar-refractivity contribution >= 4 is 27.5 Å². The predicted molar refractivity (Wildman–Crippen MR) is 80.8 cm³/mol. The fourth-order valence-electron chi connectivity index (χ4n) is 1.87. The minimum absolute atomic E-state index is 0.282. The molecule has 1 heterocycles. The molecule has 0 atom stereocenters. The SMILES string of the molecule is CCn1nc(C)c(Cl)c1COc1ccc(Br)cc1C#N. The Kier molecular flexibility index (Phi) is 4.69. The maximum absolute atomic E-state index is 9.11. The van der Waals surface area contributed by atoms with Crippen LogP contribution in [0, 0.1) is 18.3 Å². The summed E-state index contributed by atoms with van der Waals surface area (Å²) in [6.45, 7) is 4.85. The highest BCUT2D eigenvalue weighted by atomic mass is 79.9. The van der Waals surface area contributed by atoms with Crippen molar-refractivity contribution in [1.29, 1.82) is 5.26 Å². The van der Waals surface area contributed by atoms with Crippen molar-refractivity contribution in [2.45, 2.75) is 27.0 Å². The zero-order valence-electron chi connectivity index (χ0n) is 11.2. The standard InChI is InChI=1S/C14H13BrClN3O/c1-3-19-12(14(16)9(2)18-19)8-20-13-5-4-11(15)6-10(13)7-17/h4-6H,3,8H2,1-2H3. The van der Waals surface area contributed by atoms with Gasteiger partial charge in [0, 0.05) is 11.0 Å². The number of ether oxygens (including phenoxy) is 1. The van der Waals surface area contributed by atoms with E-state index in [0.717, 1.165) is 22.4 Å². The zero-order valence-corrected chi connectivity index (χ0v) is 13.5. The monoisotopic (exact) mass is 353 g/mol. The number of aryl methyl sites for hydroxylation is 2. The van der Waals surface area contributed by atoms with Crippen LogP contribution in [0.15, 0.2) is 22.7 Å². The molecular weight excluding hydrogens is 342 g/mol. The number of aromatic nitrogens is 2. The minimum atomic E-state index is 0.282. The topological polar surface area (TPSA) is 50.8 Å². The second kappa shape index (κ2) is 6.29. The normalized spacial score (nSPS) is 10.3. The van der Waals surface area contributed by atoms with E-state index in [9.17, 15) is 0 Å². The van der Waals surface area contributed by atoms with Gasteiger partial charge in [-0.25, -0.2) is 0 Å². The molecule has 0 aliphatic carbocycles. The first-order valence-corrected chi connectivity index (χ1v) is 7.28. The lowest BCUT2D eigenvalue weighted by Gasteiger charge is -2.09. The third kappa shape index (κ3) is 2.97. The average molecular weight is 355 g/mol. The van der Waals surface area contributed by atoms with E-state index in [0.29, 0.717) is 16.3 Å². The smallest absolute Gasteiger partial charge is 0.137 e. The molecule has 4 nitrogen and oxygen atoms in total. The molecule has 104 valence electrons. The highest BCUT2D eigenvalue weighted by molar-refractivity contribution is 9.10. The Morgan fingerprint density at radius 1 is 1.50 bits per heavy atom. The van der Waals surface area contributed by atoms with Gasteiger partial charge in [0.25, 0.3) is 0 Å². The van der Waals surface area contributed by atoms with Gasteiger partial charge in [-0.2, -0.15) is 10.4 Å². The molecule has 0 spiro atoms. The van der Waals surface area contributed by atoms with E-state index >= 15 is 0 Å². The van der Waals surface area contributed by atoms with Crippen molar-refractivity contribution in [2.75, 3.05) is 0 Å². The van der Waals surface area contributed by atoms with Crippen LogP contribution in [-0.4, -0.2) is 9.78 Å². The molecule has 0 saturated heterocycles. The summed E-state index contributed by atoms with van der Waals surface area (Å²) in [4.78, 5) is 0. The molecule has 0 aliphatic rings. The van der Waals surface area contributed by atoms with Gasteiger partial charge in [0.1, 0.15) is 18.4 Å². The van der Waals surface area contributed by atoms with Crippen LogP contribution < -0.4 is 4.74 Å². The molecule has 2 aromatic rings. The number of rotatable bonds is 4. The van der Waals surface area contributed by atoms with E-state index in [2.05, 4.69) is 27.1 Å². The summed E-state index contributed by atoms with van der Waals surface area (Å²) in [5.74, 6) is 0.535. The number of nitrogens with zero attached hydrogens (tertiary/aromatic N) is 3. The summed E-state index contributed by atoms with van der Waals surface area (Å²) < 4.78 is 8.37. The quantitative estimate of drug-likeness (QED) is 0.831. The lowest BCUT2D eigenvalue weighted by atomic mass is 10.2. The second-order valence-corrected chi connectivity index (χ2v) is 5.50. The Morgan fingerprint density at radius 2 is 2.25 bits per heavy atom. The van der Waals surface area contributed by atoms with Crippen molar-refractivity contribution in [3.05, 3.63) is 44.6 Å². The van der Waals surface area contributed by atoms with Crippen LogP contribution in [0.4, 0.5) is 0 Å². The van der Waals surface area contributed by atoms with Gasteiger partial charge < -0.3 is 4.74 Å². The average Bonchev–Trinajstić information content (AvgIpc) is 2.72. The van der Waals surface area contributed by atoms with Crippen LogP contribution in [0.1, 0.15) is 23.9 Å². The van der Waals surface area contributed by atoms with Gasteiger partial charge in [0.15, 0.2) is 0 Å². The van der Waals surface area contributed by atoms with Gasteiger partial charge in [-0.3, -0.25) is 4.68 Å². The van der Waals surface area contributed by atoms with Gasteiger partial charge in [-0.15, -0.1) is 0 Å². The van der Waals surface area contributed by atoms with Crippen molar-refractivity contribution in [1.82, 2.24) is 9.78 Å². The molecule has 0 saturated carbocycles. The molecule has 0 aliphatic heterocycles. The van der Waals surface area contributed by atoms with E-state index < -0.39 is 0 Å². The Hall–Kier alpha value is -1.51. The Bertz CT molecular complexity index is 676. The van der Waals surface area contributed by atoms with Crippen LogP contribution in [-0.2, 0) is 13.2 Å². The maximum Gasteiger partial charge on any atom is 0.137 e. The number of benzene rings is 1. The van der Waals surface area contributed by atoms with Crippen molar-refractivity contribution in [2.24, 2.45) is 0 Å². The molecular formula is C14H13BrClN3O. The third-order valence-electron chi connectivity index (χ3n) is 2.88. The lowest BCUT2D eigenvalue weighted by molar-refractivity contribution is 0.291. The van der Waals surface area contributed by atoms with Crippen LogP contribution in [0.3, 0.4) is 0 Å². The minimum Gasteiger partial charge on any atom is -0.486 e. The van der Waals surface area contributed by atoms with E-state index in [1.165, 1.54) is 0 Å². The molecule has 1 aromatic carbocycles. The molecule has 0 amide bonds. The Morgan fingerprint density at radius 3 is 2.90 bits per heavy atom. The third-order valence-corrected chi connectivity index (χ3v) is 3.86. The molecule has 0 N–H and O–H groups in total. The van der Waals surface area contributed by atoms with E-state index in [1.54, 1.807) is 12.1 Å². The van der Waals surface area contributed by atoms with Crippen LogP contribution >= 0.6 is 27.5 Å². The lowest BCUT2D eigenvalue weighted by Crippen LogP contribution is -2.07. The summed E-state index contributed by atoms with van der Waals surface area (Å²) in [5, 5.41) is 14.0. The Labute approximate surface area is 131 Å². The predicted octanol–water partition coefficient (Wildman–Crippen LogP) is 4.08.